The predicted octanol–water partition coefficient (Wildman–Crippen LogP) is 3.59. The molecule has 1 aromatic heterocycles. The molecule has 1 amide bonds. The average Bonchev–Trinajstić information content (AvgIpc) is 3.24. The van der Waals surface area contributed by atoms with Crippen LogP contribution in [0.3, 0.4) is 0 Å². The monoisotopic (exact) mass is 346 g/mol. The molecule has 1 aliphatic rings. The number of benzene rings is 1. The number of rotatable bonds is 6. The van der Waals surface area contributed by atoms with Gasteiger partial charge in [-0.3, -0.25) is 4.79 Å². The summed E-state index contributed by atoms with van der Waals surface area (Å²) in [6, 6.07) is 5.35. The molecule has 0 bridgehead atoms. The van der Waals surface area contributed by atoms with E-state index in [1.165, 1.54) is 4.88 Å². The minimum Gasteiger partial charge on any atom is -0.491 e. The van der Waals surface area contributed by atoms with E-state index in [1.807, 2.05) is 12.3 Å². The first kappa shape index (κ1) is 16.9. The molecule has 1 saturated heterocycles. The van der Waals surface area contributed by atoms with Crippen molar-refractivity contribution in [2.75, 3.05) is 13.2 Å². The van der Waals surface area contributed by atoms with Crippen LogP contribution >= 0.6 is 11.3 Å². The van der Waals surface area contributed by atoms with E-state index in [0.717, 1.165) is 30.0 Å². The molecule has 2 heterocycles. The number of ether oxygens (including phenoxy) is 2. The number of carbonyl (C=O) groups excluding carboxylic acids is 1. The highest BCUT2D eigenvalue weighted by Gasteiger charge is 2.17. The minimum atomic E-state index is -0.473. The molecule has 0 radical (unpaired) electrons. The molecule has 1 atom stereocenters. The largest absolute Gasteiger partial charge is 0.491 e. The molecule has 2 N–H and O–H groups in total. The zero-order valence-corrected chi connectivity index (χ0v) is 14.8. The summed E-state index contributed by atoms with van der Waals surface area (Å²) in [5, 5.41) is 0.865. The lowest BCUT2D eigenvalue weighted by Crippen LogP contribution is -2.17. The molecule has 1 fully saturated rings. The molecule has 0 spiro atoms. The number of hydrogen-bond acceptors (Lipinski definition) is 5. The molecule has 24 heavy (non-hydrogen) atoms. The zero-order valence-electron chi connectivity index (χ0n) is 14.0. The van der Waals surface area contributed by atoms with Crippen LogP contribution in [0.4, 0.5) is 0 Å². The van der Waals surface area contributed by atoms with E-state index < -0.39 is 5.91 Å². The van der Waals surface area contributed by atoms with E-state index in [2.05, 4.69) is 18.8 Å². The summed E-state index contributed by atoms with van der Waals surface area (Å²) < 4.78 is 11.4. The first-order valence-corrected chi connectivity index (χ1v) is 9.00. The smallest absolute Gasteiger partial charge is 0.248 e. The van der Waals surface area contributed by atoms with Crippen molar-refractivity contribution in [3.63, 3.8) is 0 Å². The fourth-order valence-corrected chi connectivity index (χ4v) is 3.51. The van der Waals surface area contributed by atoms with Crippen LogP contribution in [0.5, 0.6) is 5.75 Å². The summed E-state index contributed by atoms with van der Waals surface area (Å²) in [5.41, 5.74) is 6.74. The minimum absolute atomic E-state index is 0.123. The Morgan fingerprint density at radius 1 is 1.46 bits per heavy atom. The number of aromatic nitrogens is 1. The second kappa shape index (κ2) is 7.32. The van der Waals surface area contributed by atoms with Gasteiger partial charge >= 0.3 is 0 Å². The van der Waals surface area contributed by atoms with Crippen molar-refractivity contribution < 1.29 is 14.3 Å². The highest BCUT2D eigenvalue weighted by molar-refractivity contribution is 7.15. The van der Waals surface area contributed by atoms with Gasteiger partial charge in [0, 0.05) is 28.8 Å². The van der Waals surface area contributed by atoms with Gasteiger partial charge < -0.3 is 15.2 Å². The lowest BCUT2D eigenvalue weighted by molar-refractivity contribution is 0.0679. The van der Waals surface area contributed by atoms with Crippen LogP contribution in [0.15, 0.2) is 24.4 Å². The number of nitrogens with zero attached hydrogens (tertiary/aromatic N) is 1. The molecule has 3 rings (SSSR count). The first-order valence-electron chi connectivity index (χ1n) is 8.18. The molecule has 1 aromatic carbocycles. The number of hydrogen-bond donors (Lipinski definition) is 1. The van der Waals surface area contributed by atoms with E-state index in [0.29, 0.717) is 23.8 Å². The molecule has 5 nitrogen and oxygen atoms in total. The third-order valence-corrected chi connectivity index (χ3v) is 5.34. The van der Waals surface area contributed by atoms with Crippen LogP contribution < -0.4 is 10.5 Å². The maximum absolute atomic E-state index is 11.6. The summed E-state index contributed by atoms with van der Waals surface area (Å²) in [6.07, 6.45) is 4.08. The van der Waals surface area contributed by atoms with Gasteiger partial charge in [0.25, 0.3) is 0 Å². The second-order valence-electron chi connectivity index (χ2n) is 6.28. The van der Waals surface area contributed by atoms with Crippen molar-refractivity contribution in [1.82, 2.24) is 4.98 Å². The Bertz CT molecular complexity index is 721. The zero-order chi connectivity index (χ0) is 17.1. The van der Waals surface area contributed by atoms with Crippen LogP contribution in [0, 0.1) is 0 Å². The molecular weight excluding hydrogens is 324 g/mol. The number of primary amides is 1. The SMILES string of the molecule is CC(C)c1cnc(-c2cc(OC[C@H]3CCCO3)cc(C(N)=O)c2)s1. The highest BCUT2D eigenvalue weighted by atomic mass is 32.1. The molecular formula is C18H22N2O3S. The maximum Gasteiger partial charge on any atom is 0.248 e. The van der Waals surface area contributed by atoms with E-state index >= 15 is 0 Å². The van der Waals surface area contributed by atoms with Crippen LogP contribution in [-0.2, 0) is 4.74 Å². The summed E-state index contributed by atoms with van der Waals surface area (Å²) >= 11 is 1.62. The van der Waals surface area contributed by atoms with Crippen molar-refractivity contribution >= 4 is 17.2 Å². The second-order valence-corrected chi connectivity index (χ2v) is 7.34. The van der Waals surface area contributed by atoms with Crippen LogP contribution in [0.2, 0.25) is 0 Å². The van der Waals surface area contributed by atoms with Crippen molar-refractivity contribution in [2.45, 2.75) is 38.7 Å². The number of amides is 1. The van der Waals surface area contributed by atoms with Crippen molar-refractivity contribution in [2.24, 2.45) is 5.73 Å². The third-order valence-electron chi connectivity index (χ3n) is 3.99. The first-order chi connectivity index (χ1) is 11.5. The van der Waals surface area contributed by atoms with E-state index in [-0.39, 0.29) is 6.10 Å². The van der Waals surface area contributed by atoms with Gasteiger partial charge in [-0.25, -0.2) is 4.98 Å². The van der Waals surface area contributed by atoms with Gasteiger partial charge in [0.1, 0.15) is 17.4 Å². The highest BCUT2D eigenvalue weighted by Crippen LogP contribution is 2.32. The van der Waals surface area contributed by atoms with Gasteiger partial charge in [0.15, 0.2) is 0 Å². The summed E-state index contributed by atoms with van der Waals surface area (Å²) in [4.78, 5) is 17.3. The molecule has 1 aliphatic heterocycles. The summed E-state index contributed by atoms with van der Waals surface area (Å²) in [5.74, 6) is 0.573. The molecule has 2 aromatic rings. The Balaban J connectivity index is 1.85. The molecule has 0 saturated carbocycles. The Labute approximate surface area is 145 Å². The number of nitrogens with two attached hydrogens (primary N) is 1. The fourth-order valence-electron chi connectivity index (χ4n) is 2.60. The Kier molecular flexibility index (Phi) is 5.16. The summed E-state index contributed by atoms with van der Waals surface area (Å²) in [6.45, 7) is 5.54. The fraction of sp³-hybridized carbons (Fsp3) is 0.444. The molecule has 128 valence electrons. The van der Waals surface area contributed by atoms with Gasteiger partial charge in [0.05, 0.1) is 6.10 Å². The Hall–Kier alpha value is -1.92. The van der Waals surface area contributed by atoms with Gasteiger partial charge in [0.2, 0.25) is 5.91 Å². The maximum atomic E-state index is 11.6. The van der Waals surface area contributed by atoms with E-state index in [9.17, 15) is 4.79 Å². The predicted molar refractivity (Wildman–Crippen MR) is 94.6 cm³/mol. The van der Waals surface area contributed by atoms with Gasteiger partial charge in [-0.1, -0.05) is 13.8 Å². The lowest BCUT2D eigenvalue weighted by atomic mass is 10.1. The normalized spacial score (nSPS) is 17.4. The van der Waals surface area contributed by atoms with E-state index in [1.54, 1.807) is 23.5 Å². The average molecular weight is 346 g/mol. The molecule has 0 aliphatic carbocycles. The van der Waals surface area contributed by atoms with E-state index in [4.69, 9.17) is 15.2 Å². The lowest BCUT2D eigenvalue weighted by Gasteiger charge is -2.13. The number of carbonyl (C=O) groups is 1. The van der Waals surface area contributed by atoms with Crippen LogP contribution in [0.25, 0.3) is 10.6 Å². The standard InChI is InChI=1S/C18H22N2O3S/c1-11(2)16-9-20-18(24-16)13-6-12(17(19)21)7-15(8-13)23-10-14-4-3-5-22-14/h6-9,11,14H,3-5,10H2,1-2H3,(H2,19,21)/t14-/m1/s1. The van der Waals surface area contributed by atoms with Crippen molar-refractivity contribution in [3.8, 4) is 16.3 Å². The van der Waals surface area contributed by atoms with Crippen LogP contribution in [0.1, 0.15) is 47.8 Å². The van der Waals surface area contributed by atoms with Crippen molar-refractivity contribution in [3.05, 3.63) is 34.8 Å². The van der Waals surface area contributed by atoms with Crippen LogP contribution in [-0.4, -0.2) is 30.2 Å². The Morgan fingerprint density at radius 3 is 2.92 bits per heavy atom. The van der Waals surface area contributed by atoms with Crippen molar-refractivity contribution in [1.29, 1.82) is 0 Å². The van der Waals surface area contributed by atoms with Gasteiger partial charge in [-0.2, -0.15) is 0 Å². The van der Waals surface area contributed by atoms with Gasteiger partial charge in [-0.05, 0) is 37.0 Å². The topological polar surface area (TPSA) is 74.4 Å². The summed E-state index contributed by atoms with van der Waals surface area (Å²) in [7, 11) is 0. The van der Waals surface area contributed by atoms with Gasteiger partial charge in [-0.15, -0.1) is 11.3 Å². The quantitative estimate of drug-likeness (QED) is 0.867. The molecule has 0 unspecified atom stereocenters. The number of thiazole rings is 1. The Morgan fingerprint density at radius 2 is 2.29 bits per heavy atom. The third kappa shape index (κ3) is 3.94. The molecule has 6 heteroatoms.